The molecule has 3 aliphatic rings. The summed E-state index contributed by atoms with van der Waals surface area (Å²) < 4.78 is 23.0. The van der Waals surface area contributed by atoms with Crippen LogP contribution in [-0.2, 0) is 7.05 Å². The molecule has 33 heavy (non-hydrogen) atoms. The van der Waals surface area contributed by atoms with E-state index in [9.17, 15) is 5.11 Å². The highest BCUT2D eigenvalue weighted by molar-refractivity contribution is 5.75. The molecule has 0 radical (unpaired) electrons. The summed E-state index contributed by atoms with van der Waals surface area (Å²) in [5, 5.41) is 27.2. The Morgan fingerprint density at radius 1 is 1.18 bits per heavy atom. The van der Waals surface area contributed by atoms with E-state index in [1.54, 1.807) is 23.0 Å². The maximum absolute atomic E-state index is 15.3. The van der Waals surface area contributed by atoms with Gasteiger partial charge < -0.3 is 20.1 Å². The summed E-state index contributed by atoms with van der Waals surface area (Å²) in [4.78, 5) is 2.04. The van der Waals surface area contributed by atoms with Gasteiger partial charge in [-0.3, -0.25) is 4.68 Å². The number of nitrogens with zero attached hydrogens (tertiary/aromatic N) is 5. The number of phenolic OH excluding ortho intramolecular Hbond substituents is 1. The van der Waals surface area contributed by atoms with E-state index in [0.717, 1.165) is 36.8 Å². The van der Waals surface area contributed by atoms with Crippen molar-refractivity contribution in [3.63, 3.8) is 0 Å². The molecular weight excluding hydrogens is 423 g/mol. The quantitative estimate of drug-likeness (QED) is 0.634. The zero-order chi connectivity index (χ0) is 22.5. The van der Waals surface area contributed by atoms with Gasteiger partial charge in [0.25, 0.3) is 0 Å². The van der Waals surface area contributed by atoms with Gasteiger partial charge in [0.05, 0.1) is 18.8 Å². The molecule has 2 bridgehead atoms. The van der Waals surface area contributed by atoms with Crippen LogP contribution in [0.25, 0.3) is 22.4 Å². The van der Waals surface area contributed by atoms with E-state index in [-0.39, 0.29) is 17.8 Å². The van der Waals surface area contributed by atoms with Gasteiger partial charge in [0.1, 0.15) is 24.2 Å². The lowest BCUT2D eigenvalue weighted by Gasteiger charge is -2.47. The number of fused-ring (bicyclic) bond motifs is 3. The summed E-state index contributed by atoms with van der Waals surface area (Å²) in [6.45, 7) is 1.06. The first kappa shape index (κ1) is 20.4. The Morgan fingerprint density at radius 3 is 2.91 bits per heavy atom. The molecule has 3 aliphatic heterocycles. The minimum Gasteiger partial charge on any atom is -0.507 e. The van der Waals surface area contributed by atoms with E-state index < -0.39 is 6.17 Å². The van der Waals surface area contributed by atoms with Crippen molar-refractivity contribution in [3.05, 3.63) is 36.7 Å². The van der Waals surface area contributed by atoms with Crippen molar-refractivity contribution >= 4 is 5.82 Å². The van der Waals surface area contributed by atoms with Crippen LogP contribution < -0.4 is 15.0 Å². The van der Waals surface area contributed by atoms with Gasteiger partial charge in [-0.1, -0.05) is 12.5 Å². The molecular formula is C24H27FN6O2. The van der Waals surface area contributed by atoms with Crippen molar-refractivity contribution in [3.8, 4) is 33.9 Å². The lowest BCUT2D eigenvalue weighted by Crippen LogP contribution is -2.63. The topological polar surface area (TPSA) is 88.3 Å². The molecule has 2 saturated heterocycles. The minimum absolute atomic E-state index is 0.0868. The van der Waals surface area contributed by atoms with Gasteiger partial charge in [-0.15, -0.1) is 10.2 Å². The summed E-state index contributed by atoms with van der Waals surface area (Å²) in [6, 6.07) is 7.27. The molecule has 3 aromatic rings. The van der Waals surface area contributed by atoms with Gasteiger partial charge in [-0.05, 0) is 37.0 Å². The number of nitrogens with one attached hydrogen (secondary N) is 1. The summed E-state index contributed by atoms with van der Waals surface area (Å²) in [7, 11) is 1.85. The monoisotopic (exact) mass is 450 g/mol. The van der Waals surface area contributed by atoms with Crippen molar-refractivity contribution in [1.82, 2.24) is 25.3 Å². The first-order valence-corrected chi connectivity index (χ1v) is 11.6. The number of halogens is 1. The van der Waals surface area contributed by atoms with Crippen LogP contribution in [0.4, 0.5) is 10.2 Å². The SMILES string of the molecule is Cn1cc(-c2ccc(-c3cc4c(nn3)N([C@@H]3C[C@H]5CCC[C@H](N5)[C@@H]3F)CCO4)c(O)c2)cn1. The molecule has 5 heterocycles. The number of aromatic nitrogens is 4. The fourth-order valence-electron chi connectivity index (χ4n) is 5.47. The molecule has 2 fully saturated rings. The molecule has 0 saturated carbocycles. The predicted octanol–water partition coefficient (Wildman–Crippen LogP) is 3.07. The van der Waals surface area contributed by atoms with Crippen molar-refractivity contribution in [2.45, 2.75) is 50.0 Å². The van der Waals surface area contributed by atoms with Gasteiger partial charge in [0.2, 0.25) is 0 Å². The van der Waals surface area contributed by atoms with Crippen LogP contribution in [0.5, 0.6) is 11.5 Å². The summed E-state index contributed by atoms with van der Waals surface area (Å²) >= 11 is 0. The normalized spacial score (nSPS) is 26.5. The van der Waals surface area contributed by atoms with E-state index in [0.29, 0.717) is 42.0 Å². The second-order valence-electron chi connectivity index (χ2n) is 9.24. The van der Waals surface area contributed by atoms with E-state index >= 15 is 4.39 Å². The van der Waals surface area contributed by atoms with Crippen LogP contribution in [0.1, 0.15) is 25.7 Å². The molecule has 9 heteroatoms. The molecule has 2 N–H and O–H groups in total. The number of benzene rings is 1. The number of piperidine rings is 2. The highest BCUT2D eigenvalue weighted by atomic mass is 19.1. The Hall–Kier alpha value is -3.20. The molecule has 0 aliphatic carbocycles. The number of hydrogen-bond donors (Lipinski definition) is 2. The first-order valence-electron chi connectivity index (χ1n) is 11.6. The molecule has 0 amide bonds. The number of ether oxygens (including phenoxy) is 1. The third kappa shape index (κ3) is 3.60. The maximum Gasteiger partial charge on any atom is 0.194 e. The van der Waals surface area contributed by atoms with Crippen molar-refractivity contribution in [2.24, 2.45) is 7.05 Å². The lowest BCUT2D eigenvalue weighted by molar-refractivity contribution is 0.100. The van der Waals surface area contributed by atoms with Gasteiger partial charge in [-0.25, -0.2) is 4.39 Å². The standard InChI is InChI=1S/C24H27FN6O2/c1-30-13-15(12-26-30)14-5-6-17(21(32)9-14)19-11-22-24(29-28-19)31(7-8-33-22)20-10-16-3-2-4-18(27-16)23(20)25/h5-6,9,11-13,16,18,20,23,27,32H,2-4,7-8,10H2,1H3/t16-,18+,20-,23+/m1/s1. The largest absolute Gasteiger partial charge is 0.507 e. The van der Waals surface area contributed by atoms with E-state index in [1.807, 2.05) is 30.3 Å². The Bertz CT molecular complexity index is 1180. The maximum atomic E-state index is 15.3. The van der Waals surface area contributed by atoms with Crippen LogP contribution in [0.15, 0.2) is 36.7 Å². The number of aromatic hydroxyl groups is 1. The zero-order valence-corrected chi connectivity index (χ0v) is 18.5. The van der Waals surface area contributed by atoms with Gasteiger partial charge in [0.15, 0.2) is 11.6 Å². The van der Waals surface area contributed by atoms with Crippen molar-refractivity contribution in [2.75, 3.05) is 18.1 Å². The fraction of sp³-hybridized carbons (Fsp3) is 0.458. The number of alkyl halides is 1. The molecule has 0 spiro atoms. The predicted molar refractivity (Wildman–Crippen MR) is 122 cm³/mol. The number of rotatable bonds is 3. The second-order valence-corrected chi connectivity index (χ2v) is 9.24. The smallest absolute Gasteiger partial charge is 0.194 e. The highest BCUT2D eigenvalue weighted by Crippen LogP contribution is 2.40. The molecule has 0 unspecified atom stereocenters. The van der Waals surface area contributed by atoms with Crippen molar-refractivity contribution in [1.29, 1.82) is 0 Å². The van der Waals surface area contributed by atoms with E-state index in [2.05, 4.69) is 20.6 Å². The van der Waals surface area contributed by atoms with Crippen LogP contribution in [0.3, 0.4) is 0 Å². The van der Waals surface area contributed by atoms with Crippen LogP contribution >= 0.6 is 0 Å². The van der Waals surface area contributed by atoms with E-state index in [1.165, 1.54) is 0 Å². The number of aryl methyl sites for hydroxylation is 1. The Labute approximate surface area is 191 Å². The number of anilines is 1. The highest BCUT2D eigenvalue weighted by Gasteiger charge is 2.44. The summed E-state index contributed by atoms with van der Waals surface area (Å²) in [6.07, 6.45) is 6.52. The number of hydrogen-bond acceptors (Lipinski definition) is 7. The average molecular weight is 451 g/mol. The van der Waals surface area contributed by atoms with Gasteiger partial charge in [-0.2, -0.15) is 5.10 Å². The molecule has 2 aromatic heterocycles. The summed E-state index contributed by atoms with van der Waals surface area (Å²) in [5.41, 5.74) is 2.87. The van der Waals surface area contributed by atoms with Gasteiger partial charge >= 0.3 is 0 Å². The minimum atomic E-state index is -0.946. The Morgan fingerprint density at radius 2 is 2.09 bits per heavy atom. The van der Waals surface area contributed by atoms with Crippen molar-refractivity contribution < 1.29 is 14.2 Å². The molecule has 6 rings (SSSR count). The zero-order valence-electron chi connectivity index (χ0n) is 18.5. The van der Waals surface area contributed by atoms with Gasteiger partial charge in [0, 0.05) is 42.5 Å². The molecule has 8 nitrogen and oxygen atoms in total. The second kappa shape index (κ2) is 7.98. The average Bonchev–Trinajstić information content (AvgIpc) is 3.27. The molecule has 4 atom stereocenters. The lowest BCUT2D eigenvalue weighted by atomic mass is 9.82. The Balaban J connectivity index is 1.29. The molecule has 172 valence electrons. The Kier molecular flexibility index (Phi) is 4.94. The van der Waals surface area contributed by atoms with E-state index in [4.69, 9.17) is 4.74 Å². The van der Waals surface area contributed by atoms with Crippen LogP contribution in [-0.4, -0.2) is 62.5 Å². The van der Waals surface area contributed by atoms with Crippen LogP contribution in [0, 0.1) is 0 Å². The first-order chi connectivity index (χ1) is 16.1. The third-order valence-electron chi connectivity index (χ3n) is 7.11. The molecule has 1 aromatic carbocycles. The fourth-order valence-corrected chi connectivity index (χ4v) is 5.47. The summed E-state index contributed by atoms with van der Waals surface area (Å²) in [5.74, 6) is 1.27. The number of phenols is 1. The van der Waals surface area contributed by atoms with Crippen LogP contribution in [0.2, 0.25) is 0 Å². The third-order valence-corrected chi connectivity index (χ3v) is 7.11.